The van der Waals surface area contributed by atoms with Crippen LogP contribution in [0.15, 0.2) is 0 Å². The molecule has 0 spiro atoms. The molecule has 2 atom stereocenters. The average Bonchev–Trinajstić information content (AvgIpc) is 2.80. The molecule has 3 aliphatic rings. The van der Waals surface area contributed by atoms with Gasteiger partial charge in [0.25, 0.3) is 0 Å². The zero-order chi connectivity index (χ0) is 16.4. The molecule has 6 nitrogen and oxygen atoms in total. The summed E-state index contributed by atoms with van der Waals surface area (Å²) in [7, 11) is 2.09. The third-order valence-electron chi connectivity index (χ3n) is 5.58. The summed E-state index contributed by atoms with van der Waals surface area (Å²) in [5.74, 6) is -0.380. The van der Waals surface area contributed by atoms with Crippen molar-refractivity contribution >= 4 is 17.7 Å². The molecule has 2 unspecified atom stereocenters. The van der Waals surface area contributed by atoms with Crippen LogP contribution >= 0.6 is 0 Å². The van der Waals surface area contributed by atoms with E-state index >= 15 is 0 Å². The van der Waals surface area contributed by atoms with Crippen molar-refractivity contribution in [3.05, 3.63) is 0 Å². The van der Waals surface area contributed by atoms with Gasteiger partial charge in [0.2, 0.25) is 17.7 Å². The summed E-state index contributed by atoms with van der Waals surface area (Å²) >= 11 is 0. The SMILES string of the molecule is CN1CCC(NC(=O)CCN2C(=O)C3CCCCC3C2=O)CC1. The molecule has 2 aliphatic heterocycles. The standard InChI is InChI=1S/C17H27N3O3/c1-19-9-6-12(7-10-19)18-15(21)8-11-20-16(22)13-4-2-3-5-14(13)17(20)23/h12-14H,2-11H2,1H3,(H,18,21). The lowest BCUT2D eigenvalue weighted by Crippen LogP contribution is -2.44. The maximum absolute atomic E-state index is 12.4. The Morgan fingerprint density at radius 3 is 2.17 bits per heavy atom. The van der Waals surface area contributed by atoms with Crippen LogP contribution in [0.1, 0.15) is 44.9 Å². The highest BCUT2D eigenvalue weighted by Gasteiger charge is 2.47. The lowest BCUT2D eigenvalue weighted by atomic mass is 9.81. The van der Waals surface area contributed by atoms with E-state index in [-0.39, 0.29) is 48.6 Å². The fourth-order valence-electron chi connectivity index (χ4n) is 4.12. The predicted molar refractivity (Wildman–Crippen MR) is 85.4 cm³/mol. The predicted octanol–water partition coefficient (Wildman–Crippen LogP) is 0.762. The number of amides is 3. The lowest BCUT2D eigenvalue weighted by Gasteiger charge is -2.29. The molecule has 3 amide bonds. The van der Waals surface area contributed by atoms with Gasteiger partial charge in [-0.05, 0) is 45.8 Å². The van der Waals surface area contributed by atoms with E-state index in [0.717, 1.165) is 51.6 Å². The molecular weight excluding hydrogens is 294 g/mol. The van der Waals surface area contributed by atoms with Gasteiger partial charge in [0.05, 0.1) is 11.8 Å². The second kappa shape index (κ2) is 6.99. The molecule has 3 rings (SSSR count). The molecule has 1 saturated carbocycles. The van der Waals surface area contributed by atoms with Gasteiger partial charge < -0.3 is 10.2 Å². The third-order valence-corrected chi connectivity index (χ3v) is 5.58. The number of rotatable bonds is 4. The highest BCUT2D eigenvalue weighted by atomic mass is 16.2. The zero-order valence-electron chi connectivity index (χ0n) is 13.9. The first-order valence-corrected chi connectivity index (χ1v) is 8.89. The van der Waals surface area contributed by atoms with Crippen molar-refractivity contribution in [1.82, 2.24) is 15.1 Å². The van der Waals surface area contributed by atoms with Crippen LogP contribution < -0.4 is 5.32 Å². The molecule has 0 bridgehead atoms. The molecule has 2 heterocycles. The normalized spacial score (nSPS) is 29.7. The van der Waals surface area contributed by atoms with E-state index in [1.165, 1.54) is 4.90 Å². The minimum atomic E-state index is -0.117. The second-order valence-corrected chi connectivity index (χ2v) is 7.22. The van der Waals surface area contributed by atoms with Crippen molar-refractivity contribution < 1.29 is 14.4 Å². The Labute approximate surface area is 137 Å². The van der Waals surface area contributed by atoms with E-state index in [9.17, 15) is 14.4 Å². The first kappa shape index (κ1) is 16.4. The van der Waals surface area contributed by atoms with Crippen molar-refractivity contribution in [3.63, 3.8) is 0 Å². The smallest absolute Gasteiger partial charge is 0.233 e. The molecule has 3 fully saturated rings. The summed E-state index contributed by atoms with van der Waals surface area (Å²) in [6.07, 6.45) is 5.88. The Hall–Kier alpha value is -1.43. The fraction of sp³-hybridized carbons (Fsp3) is 0.824. The Balaban J connectivity index is 1.47. The second-order valence-electron chi connectivity index (χ2n) is 7.22. The van der Waals surface area contributed by atoms with E-state index < -0.39 is 0 Å². The van der Waals surface area contributed by atoms with Crippen molar-refractivity contribution in [2.24, 2.45) is 11.8 Å². The van der Waals surface area contributed by atoms with Gasteiger partial charge in [0.1, 0.15) is 0 Å². The summed E-state index contributed by atoms with van der Waals surface area (Å²) in [5, 5.41) is 3.04. The van der Waals surface area contributed by atoms with Gasteiger partial charge >= 0.3 is 0 Å². The van der Waals surface area contributed by atoms with Crippen molar-refractivity contribution in [2.75, 3.05) is 26.7 Å². The summed E-state index contributed by atoms with van der Waals surface area (Å²) in [6, 6.07) is 0.228. The topological polar surface area (TPSA) is 69.7 Å². The lowest BCUT2D eigenvalue weighted by molar-refractivity contribution is -0.140. The minimum Gasteiger partial charge on any atom is -0.353 e. The van der Waals surface area contributed by atoms with Crippen LogP contribution in [0.3, 0.4) is 0 Å². The number of nitrogens with zero attached hydrogens (tertiary/aromatic N) is 2. The number of nitrogens with one attached hydrogen (secondary N) is 1. The van der Waals surface area contributed by atoms with Crippen LogP contribution in [-0.2, 0) is 14.4 Å². The quantitative estimate of drug-likeness (QED) is 0.776. The average molecular weight is 321 g/mol. The van der Waals surface area contributed by atoms with Crippen molar-refractivity contribution in [1.29, 1.82) is 0 Å². The van der Waals surface area contributed by atoms with Gasteiger partial charge in [0, 0.05) is 19.0 Å². The molecule has 23 heavy (non-hydrogen) atoms. The first-order valence-electron chi connectivity index (χ1n) is 8.89. The number of carbonyl (C=O) groups is 3. The van der Waals surface area contributed by atoms with Gasteiger partial charge in [0.15, 0.2) is 0 Å². The molecule has 0 aromatic heterocycles. The van der Waals surface area contributed by atoms with E-state index in [1.807, 2.05) is 0 Å². The number of likely N-dealkylation sites (tertiary alicyclic amines) is 2. The molecule has 0 aromatic rings. The maximum Gasteiger partial charge on any atom is 0.233 e. The third kappa shape index (κ3) is 3.57. The Kier molecular flexibility index (Phi) is 4.99. The molecular formula is C17H27N3O3. The van der Waals surface area contributed by atoms with Gasteiger partial charge in [-0.2, -0.15) is 0 Å². The largest absolute Gasteiger partial charge is 0.353 e. The Morgan fingerprint density at radius 2 is 1.61 bits per heavy atom. The summed E-state index contributed by atoms with van der Waals surface area (Å²) < 4.78 is 0. The molecule has 1 N–H and O–H groups in total. The molecule has 0 radical (unpaired) electrons. The van der Waals surface area contributed by atoms with Gasteiger partial charge in [-0.3, -0.25) is 19.3 Å². The highest BCUT2D eigenvalue weighted by Crippen LogP contribution is 2.37. The number of fused-ring (bicyclic) bond motifs is 1. The van der Waals surface area contributed by atoms with Gasteiger partial charge in [-0.15, -0.1) is 0 Å². The number of hydrogen-bond acceptors (Lipinski definition) is 4. The summed E-state index contributed by atoms with van der Waals surface area (Å²) in [4.78, 5) is 40.4. The number of imide groups is 1. The van der Waals surface area contributed by atoms with Gasteiger partial charge in [-0.25, -0.2) is 0 Å². The van der Waals surface area contributed by atoms with Gasteiger partial charge in [-0.1, -0.05) is 12.8 Å². The molecule has 2 saturated heterocycles. The fourth-order valence-corrected chi connectivity index (χ4v) is 4.12. The number of hydrogen-bond donors (Lipinski definition) is 1. The number of piperidine rings is 1. The Bertz CT molecular complexity index is 461. The number of carbonyl (C=O) groups excluding carboxylic acids is 3. The summed E-state index contributed by atoms with van der Waals surface area (Å²) in [5.41, 5.74) is 0. The molecule has 128 valence electrons. The minimum absolute atomic E-state index is 0.0463. The van der Waals surface area contributed by atoms with Crippen LogP contribution in [0.25, 0.3) is 0 Å². The molecule has 6 heteroatoms. The molecule has 1 aliphatic carbocycles. The highest BCUT2D eigenvalue weighted by molar-refractivity contribution is 6.05. The van der Waals surface area contributed by atoms with E-state index in [1.54, 1.807) is 0 Å². The van der Waals surface area contributed by atoms with Crippen LogP contribution in [0.2, 0.25) is 0 Å². The van der Waals surface area contributed by atoms with Crippen molar-refractivity contribution in [3.8, 4) is 0 Å². The van der Waals surface area contributed by atoms with Crippen LogP contribution in [0, 0.1) is 11.8 Å². The van der Waals surface area contributed by atoms with Crippen molar-refractivity contribution in [2.45, 2.75) is 51.0 Å². The first-order chi connectivity index (χ1) is 11.1. The summed E-state index contributed by atoms with van der Waals surface area (Å²) in [6.45, 7) is 2.23. The van der Waals surface area contributed by atoms with E-state index in [0.29, 0.717) is 0 Å². The van der Waals surface area contributed by atoms with E-state index in [4.69, 9.17) is 0 Å². The van der Waals surface area contributed by atoms with E-state index in [2.05, 4.69) is 17.3 Å². The zero-order valence-corrected chi connectivity index (χ0v) is 13.9. The molecule has 0 aromatic carbocycles. The van der Waals surface area contributed by atoms with Crippen LogP contribution in [0.5, 0.6) is 0 Å². The Morgan fingerprint density at radius 1 is 1.04 bits per heavy atom. The van der Waals surface area contributed by atoms with Crippen LogP contribution in [0.4, 0.5) is 0 Å². The maximum atomic E-state index is 12.4. The van der Waals surface area contributed by atoms with Crippen LogP contribution in [-0.4, -0.2) is 60.2 Å². The monoisotopic (exact) mass is 321 g/mol.